The summed E-state index contributed by atoms with van der Waals surface area (Å²) >= 11 is 7.63. The molecule has 6 heteroatoms. The van der Waals surface area contributed by atoms with E-state index in [1.807, 2.05) is 39.1 Å². The smallest absolute Gasteiger partial charge is 0.398 e. The number of hydrogen-bond acceptors (Lipinski definition) is 3. The molecule has 120 valence electrons. The van der Waals surface area contributed by atoms with Gasteiger partial charge in [-0.15, -0.1) is 11.3 Å². The molecule has 2 nitrogen and oxygen atoms in total. The van der Waals surface area contributed by atoms with Gasteiger partial charge >= 0.3 is 7.12 Å². The van der Waals surface area contributed by atoms with Crippen molar-refractivity contribution in [3.63, 3.8) is 0 Å². The maximum absolute atomic E-state index is 14.5. The highest BCUT2D eigenvalue weighted by Crippen LogP contribution is 2.57. The van der Waals surface area contributed by atoms with Gasteiger partial charge in [0, 0.05) is 15.7 Å². The first-order chi connectivity index (χ1) is 10.1. The predicted octanol–water partition coefficient (Wildman–Crippen LogP) is 5.16. The molecule has 1 saturated carbocycles. The van der Waals surface area contributed by atoms with Gasteiger partial charge in [-0.2, -0.15) is 0 Å². The van der Waals surface area contributed by atoms with Gasteiger partial charge in [-0.25, -0.2) is 4.39 Å². The van der Waals surface area contributed by atoms with Crippen molar-refractivity contribution in [2.75, 3.05) is 0 Å². The summed E-state index contributed by atoms with van der Waals surface area (Å²) in [6.45, 7) is 9.85. The van der Waals surface area contributed by atoms with Crippen LogP contribution in [0.4, 0.5) is 4.39 Å². The van der Waals surface area contributed by atoms with Crippen LogP contribution in [0.2, 0.25) is 5.02 Å². The largest absolute Gasteiger partial charge is 0.524 e. The summed E-state index contributed by atoms with van der Waals surface area (Å²) < 4.78 is 26.0. The van der Waals surface area contributed by atoms with Crippen LogP contribution in [0.3, 0.4) is 0 Å². The number of hydrogen-bond donors (Lipinski definition) is 0. The molecule has 1 aliphatic heterocycles. The van der Waals surface area contributed by atoms with E-state index in [4.69, 9.17) is 20.9 Å². The lowest BCUT2D eigenvalue weighted by atomic mass is 9.86. The Labute approximate surface area is 140 Å². The van der Waals surface area contributed by atoms with Gasteiger partial charge in [-0.05, 0) is 46.1 Å². The van der Waals surface area contributed by atoms with E-state index < -0.39 is 18.3 Å². The standard InChI is InChI=1S/C16H21BClFO2S/c1-14(2)15(3,4)21-17(20-14)13(19)6-10-8-16(10,5)12-7-11(18)9-22-12/h6-7,9-10H,8H2,1-5H3. The summed E-state index contributed by atoms with van der Waals surface area (Å²) in [6, 6.07) is 1.98. The summed E-state index contributed by atoms with van der Waals surface area (Å²) in [4.78, 5) is 1.21. The van der Waals surface area contributed by atoms with Gasteiger partial charge < -0.3 is 9.31 Å². The van der Waals surface area contributed by atoms with Crippen molar-refractivity contribution in [3.05, 3.63) is 33.1 Å². The van der Waals surface area contributed by atoms with E-state index in [9.17, 15) is 4.39 Å². The molecule has 2 fully saturated rings. The van der Waals surface area contributed by atoms with Crippen molar-refractivity contribution in [1.82, 2.24) is 0 Å². The van der Waals surface area contributed by atoms with Crippen LogP contribution in [0.25, 0.3) is 0 Å². The van der Waals surface area contributed by atoms with Crippen LogP contribution in [0.15, 0.2) is 23.2 Å². The molecule has 0 radical (unpaired) electrons. The number of halogens is 2. The third-order valence-corrected chi connectivity index (χ3v) is 6.83. The molecule has 0 spiro atoms. The van der Waals surface area contributed by atoms with E-state index in [-0.39, 0.29) is 17.1 Å². The first kappa shape index (κ1) is 16.5. The van der Waals surface area contributed by atoms with Gasteiger partial charge in [0.05, 0.1) is 16.2 Å². The van der Waals surface area contributed by atoms with Crippen molar-refractivity contribution < 1.29 is 13.7 Å². The van der Waals surface area contributed by atoms with Crippen molar-refractivity contribution in [2.24, 2.45) is 5.92 Å². The Bertz CT molecular complexity index is 611. The molecule has 1 aromatic rings. The molecule has 22 heavy (non-hydrogen) atoms. The van der Waals surface area contributed by atoms with E-state index >= 15 is 0 Å². The Morgan fingerprint density at radius 1 is 1.32 bits per heavy atom. The Morgan fingerprint density at radius 3 is 2.41 bits per heavy atom. The summed E-state index contributed by atoms with van der Waals surface area (Å²) in [5, 5.41) is 2.67. The fourth-order valence-corrected chi connectivity index (χ4v) is 4.08. The predicted molar refractivity (Wildman–Crippen MR) is 90.1 cm³/mol. The molecule has 1 aliphatic carbocycles. The lowest BCUT2D eigenvalue weighted by molar-refractivity contribution is 0.00578. The van der Waals surface area contributed by atoms with E-state index in [1.54, 1.807) is 17.4 Å². The number of rotatable bonds is 3. The van der Waals surface area contributed by atoms with Crippen LogP contribution in [0, 0.1) is 5.92 Å². The third-order valence-electron chi connectivity index (χ3n) is 5.27. The Balaban J connectivity index is 1.72. The van der Waals surface area contributed by atoms with Crippen molar-refractivity contribution in [1.29, 1.82) is 0 Å². The second-order valence-corrected chi connectivity index (χ2v) is 8.84. The van der Waals surface area contributed by atoms with Crippen LogP contribution in [0.1, 0.15) is 45.9 Å². The molecule has 1 aromatic heterocycles. The maximum atomic E-state index is 14.5. The first-order valence-corrected chi connectivity index (χ1v) is 8.78. The molecule has 0 bridgehead atoms. The molecule has 2 unspecified atom stereocenters. The lowest BCUT2D eigenvalue weighted by Gasteiger charge is -2.32. The quantitative estimate of drug-likeness (QED) is 0.706. The summed E-state index contributed by atoms with van der Waals surface area (Å²) in [6.07, 6.45) is 2.59. The number of allylic oxidation sites excluding steroid dienone is 1. The minimum Gasteiger partial charge on any atom is -0.398 e. The lowest BCUT2D eigenvalue weighted by Crippen LogP contribution is -2.41. The van der Waals surface area contributed by atoms with Crippen LogP contribution in [-0.4, -0.2) is 18.3 Å². The number of thiophene rings is 1. The van der Waals surface area contributed by atoms with Gasteiger partial charge in [0.1, 0.15) is 5.73 Å². The van der Waals surface area contributed by atoms with Gasteiger partial charge in [-0.1, -0.05) is 24.6 Å². The van der Waals surface area contributed by atoms with E-state index in [2.05, 4.69) is 6.92 Å². The van der Waals surface area contributed by atoms with Gasteiger partial charge in [-0.3, -0.25) is 0 Å². The summed E-state index contributed by atoms with van der Waals surface area (Å²) in [7, 11) is -0.901. The minimum atomic E-state index is -0.901. The minimum absolute atomic E-state index is 0.0151. The van der Waals surface area contributed by atoms with Crippen LogP contribution >= 0.6 is 22.9 Å². The second kappa shape index (κ2) is 5.07. The average Bonchev–Trinajstić information content (AvgIpc) is 2.75. The Hall–Kier alpha value is -0.355. The fourth-order valence-electron chi connectivity index (χ4n) is 2.76. The zero-order chi connectivity index (χ0) is 16.3. The van der Waals surface area contributed by atoms with Crippen LogP contribution in [-0.2, 0) is 14.7 Å². The highest BCUT2D eigenvalue weighted by atomic mass is 35.5. The molecular weight excluding hydrogens is 322 g/mol. The maximum Gasteiger partial charge on any atom is 0.524 e. The van der Waals surface area contributed by atoms with Crippen molar-refractivity contribution in [2.45, 2.75) is 57.7 Å². The average molecular weight is 343 g/mol. The monoisotopic (exact) mass is 342 g/mol. The van der Waals surface area contributed by atoms with E-state index in [0.29, 0.717) is 0 Å². The topological polar surface area (TPSA) is 18.5 Å². The van der Waals surface area contributed by atoms with Crippen LogP contribution in [0.5, 0.6) is 0 Å². The fraction of sp³-hybridized carbons (Fsp3) is 0.625. The first-order valence-electron chi connectivity index (χ1n) is 7.52. The zero-order valence-electron chi connectivity index (χ0n) is 13.6. The highest BCUT2D eigenvalue weighted by Gasteiger charge is 2.55. The van der Waals surface area contributed by atoms with Crippen molar-refractivity contribution >= 4 is 30.1 Å². The molecule has 2 heterocycles. The molecule has 1 saturated heterocycles. The van der Waals surface area contributed by atoms with Gasteiger partial charge in [0.2, 0.25) is 0 Å². The molecule has 2 aliphatic rings. The summed E-state index contributed by atoms with van der Waals surface area (Å²) in [5.41, 5.74) is -1.37. The molecular formula is C16H21BClFO2S. The molecule has 0 aromatic carbocycles. The molecule has 2 atom stereocenters. The van der Waals surface area contributed by atoms with E-state index in [1.165, 1.54) is 4.88 Å². The van der Waals surface area contributed by atoms with Crippen LogP contribution < -0.4 is 0 Å². The molecule has 3 rings (SSSR count). The third kappa shape index (κ3) is 2.66. The normalized spacial score (nSPS) is 33.3. The van der Waals surface area contributed by atoms with Crippen molar-refractivity contribution in [3.8, 4) is 0 Å². The zero-order valence-corrected chi connectivity index (χ0v) is 15.1. The van der Waals surface area contributed by atoms with Gasteiger partial charge in [0.15, 0.2) is 0 Å². The Kier molecular flexibility index (Phi) is 3.80. The molecule has 0 N–H and O–H groups in total. The van der Waals surface area contributed by atoms with E-state index in [0.717, 1.165) is 11.4 Å². The summed E-state index contributed by atoms with van der Waals surface area (Å²) in [5.74, 6) is 0.168. The highest BCUT2D eigenvalue weighted by molar-refractivity contribution is 7.10. The van der Waals surface area contributed by atoms with Gasteiger partial charge in [0.25, 0.3) is 0 Å². The molecule has 0 amide bonds. The second-order valence-electron chi connectivity index (χ2n) is 7.50. The SMILES string of the molecule is CC1(c2cc(Cl)cs2)CC1C=C(F)B1OC(C)(C)C(C)(C)O1. The Morgan fingerprint density at radius 2 is 1.91 bits per heavy atom.